The summed E-state index contributed by atoms with van der Waals surface area (Å²) in [4.78, 5) is 12.5. The first kappa shape index (κ1) is 27.0. The number of halogens is 5. The van der Waals surface area contributed by atoms with Gasteiger partial charge in [-0.25, -0.2) is 13.8 Å². The molecule has 0 aliphatic heterocycles. The first-order valence-corrected chi connectivity index (χ1v) is 12.8. The summed E-state index contributed by atoms with van der Waals surface area (Å²) in [5, 5.41) is 3.71. The zero-order valence-electron chi connectivity index (χ0n) is 18.1. The Hall–Kier alpha value is -2.64. The van der Waals surface area contributed by atoms with Crippen molar-refractivity contribution >= 4 is 61.5 Å². The molecule has 1 amide bonds. The largest absolute Gasteiger partial charge is 0.416 e. The number of hydrogen-bond donors (Lipinski definition) is 1. The van der Waals surface area contributed by atoms with Crippen molar-refractivity contribution in [3.63, 3.8) is 0 Å². The molecule has 0 heterocycles. The Morgan fingerprint density at radius 1 is 1.06 bits per heavy atom. The van der Waals surface area contributed by atoms with E-state index in [-0.39, 0.29) is 9.92 Å². The molecule has 0 saturated carbocycles. The van der Waals surface area contributed by atoms with Crippen LogP contribution in [0.2, 0.25) is 5.02 Å². The number of nitrogens with zero attached hydrogens (tertiary/aromatic N) is 2. The van der Waals surface area contributed by atoms with Crippen LogP contribution >= 0.6 is 34.2 Å². The Morgan fingerprint density at radius 3 is 2.29 bits per heavy atom. The van der Waals surface area contributed by atoms with Crippen molar-refractivity contribution in [2.75, 3.05) is 10.8 Å². The van der Waals surface area contributed by atoms with Gasteiger partial charge in [0.1, 0.15) is 6.54 Å². The maximum atomic E-state index is 13.3. The molecule has 3 aromatic rings. The summed E-state index contributed by atoms with van der Waals surface area (Å²) < 4.78 is 68.2. The van der Waals surface area contributed by atoms with Crippen LogP contribution in [-0.2, 0) is 21.0 Å². The number of carbonyl (C=O) groups is 1. The molecule has 0 aliphatic carbocycles. The lowest BCUT2D eigenvalue weighted by Gasteiger charge is -2.25. The van der Waals surface area contributed by atoms with Gasteiger partial charge in [-0.15, -0.1) is 0 Å². The van der Waals surface area contributed by atoms with Crippen LogP contribution in [-0.4, -0.2) is 26.6 Å². The molecule has 6 nitrogen and oxygen atoms in total. The number of benzene rings is 3. The van der Waals surface area contributed by atoms with Gasteiger partial charge in [-0.3, -0.25) is 9.10 Å². The molecule has 12 heteroatoms. The number of sulfonamides is 1. The van der Waals surface area contributed by atoms with E-state index in [9.17, 15) is 26.4 Å². The molecule has 35 heavy (non-hydrogen) atoms. The van der Waals surface area contributed by atoms with Crippen LogP contribution in [0.5, 0.6) is 0 Å². The van der Waals surface area contributed by atoms with Gasteiger partial charge in [0.25, 0.3) is 15.9 Å². The van der Waals surface area contributed by atoms with Gasteiger partial charge in [0.05, 0.1) is 26.9 Å². The minimum Gasteiger partial charge on any atom is -0.271 e. The van der Waals surface area contributed by atoms with Gasteiger partial charge in [-0.2, -0.15) is 18.3 Å². The standard InChI is InChI=1S/C23H18ClF3IN3O3S/c1-15(16-7-10-18(28)11-8-16)29-30-22(32)14-31(35(33,34)19-5-3-2-4-6-19)21-13-17(23(25,26)27)9-12-20(21)24/h2-13H,14H2,1H3,(H,30,32)/b29-15+. The number of anilines is 1. The monoisotopic (exact) mass is 635 g/mol. The highest BCUT2D eigenvalue weighted by Crippen LogP contribution is 2.37. The maximum Gasteiger partial charge on any atom is 0.416 e. The zero-order valence-corrected chi connectivity index (χ0v) is 21.8. The minimum atomic E-state index is -4.75. The van der Waals surface area contributed by atoms with E-state index in [1.807, 2.05) is 12.1 Å². The third-order valence-electron chi connectivity index (χ3n) is 4.77. The summed E-state index contributed by atoms with van der Waals surface area (Å²) in [6.07, 6.45) is -4.75. The highest BCUT2D eigenvalue weighted by molar-refractivity contribution is 14.1. The summed E-state index contributed by atoms with van der Waals surface area (Å²) in [7, 11) is -4.46. The van der Waals surface area contributed by atoms with Crippen molar-refractivity contribution in [3.8, 4) is 0 Å². The molecule has 3 aromatic carbocycles. The molecule has 0 bridgehead atoms. The lowest BCUT2D eigenvalue weighted by atomic mass is 10.1. The Balaban J connectivity index is 1.98. The number of hydrazone groups is 1. The van der Waals surface area contributed by atoms with Crippen LogP contribution in [0.1, 0.15) is 18.1 Å². The molecule has 0 fully saturated rings. The van der Waals surface area contributed by atoms with Gasteiger partial charge in [0, 0.05) is 3.57 Å². The van der Waals surface area contributed by atoms with Crippen LogP contribution in [0.4, 0.5) is 18.9 Å². The van der Waals surface area contributed by atoms with E-state index in [1.54, 1.807) is 25.1 Å². The highest BCUT2D eigenvalue weighted by Gasteiger charge is 2.34. The Kier molecular flexibility index (Phi) is 8.44. The molecule has 0 atom stereocenters. The van der Waals surface area contributed by atoms with Gasteiger partial charge in [0.15, 0.2) is 0 Å². The fourth-order valence-corrected chi connectivity index (χ4v) is 5.05. The summed E-state index contributed by atoms with van der Waals surface area (Å²) in [6.45, 7) is 0.784. The van der Waals surface area contributed by atoms with E-state index in [1.165, 1.54) is 24.3 Å². The molecule has 0 saturated heterocycles. The van der Waals surface area contributed by atoms with Crippen molar-refractivity contribution in [1.29, 1.82) is 0 Å². The predicted molar refractivity (Wildman–Crippen MR) is 137 cm³/mol. The second kappa shape index (κ2) is 11.0. The van der Waals surface area contributed by atoms with E-state index < -0.39 is 39.9 Å². The van der Waals surface area contributed by atoms with Gasteiger partial charge in [0.2, 0.25) is 0 Å². The Morgan fingerprint density at radius 2 is 1.69 bits per heavy atom. The number of nitrogens with one attached hydrogen (secondary N) is 1. The smallest absolute Gasteiger partial charge is 0.271 e. The van der Waals surface area contributed by atoms with Crippen LogP contribution in [0.3, 0.4) is 0 Å². The SMILES string of the molecule is C/C(=N\NC(=O)CN(c1cc(C(F)(F)F)ccc1Cl)S(=O)(=O)c1ccccc1)c1ccc(I)cc1. The molecule has 3 rings (SSSR count). The number of carbonyl (C=O) groups excluding carboxylic acids is 1. The first-order valence-electron chi connectivity index (χ1n) is 9.93. The molecule has 1 N–H and O–H groups in total. The highest BCUT2D eigenvalue weighted by atomic mass is 127. The normalized spacial score (nSPS) is 12.3. The Labute approximate surface area is 219 Å². The Bertz CT molecular complexity index is 1350. The average Bonchev–Trinajstić information content (AvgIpc) is 2.81. The molecular weight excluding hydrogens is 618 g/mol. The quantitative estimate of drug-likeness (QED) is 0.206. The number of amides is 1. The minimum absolute atomic E-state index is 0.222. The first-order chi connectivity index (χ1) is 16.4. The summed E-state index contributed by atoms with van der Waals surface area (Å²) in [6, 6.07) is 16.6. The molecule has 0 radical (unpaired) electrons. The van der Waals surface area contributed by atoms with Crippen molar-refractivity contribution in [2.45, 2.75) is 18.0 Å². The number of alkyl halides is 3. The summed E-state index contributed by atoms with van der Waals surface area (Å²) >= 11 is 8.24. The third-order valence-corrected chi connectivity index (χ3v) is 7.58. The molecule has 0 spiro atoms. The molecule has 0 aromatic heterocycles. The summed E-state index contributed by atoms with van der Waals surface area (Å²) in [5.74, 6) is -0.872. The molecule has 184 valence electrons. The van der Waals surface area contributed by atoms with Crippen LogP contribution in [0, 0.1) is 3.57 Å². The van der Waals surface area contributed by atoms with Crippen molar-refractivity contribution in [2.24, 2.45) is 5.10 Å². The van der Waals surface area contributed by atoms with E-state index in [2.05, 4.69) is 33.1 Å². The van der Waals surface area contributed by atoms with E-state index in [0.717, 1.165) is 21.3 Å². The third kappa shape index (κ3) is 6.73. The van der Waals surface area contributed by atoms with Gasteiger partial charge in [-0.05, 0) is 77.5 Å². The van der Waals surface area contributed by atoms with Crippen molar-refractivity contribution in [3.05, 3.63) is 92.5 Å². The fourth-order valence-electron chi connectivity index (χ4n) is 2.97. The second-order valence-electron chi connectivity index (χ2n) is 7.23. The van der Waals surface area contributed by atoms with E-state index in [0.29, 0.717) is 16.1 Å². The van der Waals surface area contributed by atoms with Crippen molar-refractivity contribution in [1.82, 2.24) is 5.43 Å². The van der Waals surface area contributed by atoms with Crippen LogP contribution in [0.25, 0.3) is 0 Å². The maximum absolute atomic E-state index is 13.3. The van der Waals surface area contributed by atoms with Gasteiger partial charge < -0.3 is 0 Å². The topological polar surface area (TPSA) is 78.8 Å². The van der Waals surface area contributed by atoms with Crippen molar-refractivity contribution < 1.29 is 26.4 Å². The average molecular weight is 636 g/mol. The summed E-state index contributed by atoms with van der Waals surface area (Å²) in [5.41, 5.74) is 1.83. The zero-order chi connectivity index (χ0) is 25.8. The van der Waals surface area contributed by atoms with Crippen LogP contribution < -0.4 is 9.73 Å². The van der Waals surface area contributed by atoms with Crippen LogP contribution in [0.15, 0.2) is 82.8 Å². The second-order valence-corrected chi connectivity index (χ2v) is 10.7. The molecular formula is C23H18ClF3IN3O3S. The van der Waals surface area contributed by atoms with E-state index in [4.69, 9.17) is 11.6 Å². The molecule has 0 unspecified atom stereocenters. The fraction of sp³-hybridized carbons (Fsp3) is 0.130. The lowest BCUT2D eigenvalue weighted by Crippen LogP contribution is -2.40. The predicted octanol–water partition coefficient (Wildman–Crippen LogP) is 5.70. The molecule has 0 aliphatic rings. The number of rotatable bonds is 7. The lowest BCUT2D eigenvalue weighted by molar-refractivity contribution is -0.137. The van der Waals surface area contributed by atoms with Gasteiger partial charge >= 0.3 is 6.18 Å². The van der Waals surface area contributed by atoms with Gasteiger partial charge in [-0.1, -0.05) is 41.9 Å². The number of hydrogen-bond acceptors (Lipinski definition) is 4. The van der Waals surface area contributed by atoms with E-state index >= 15 is 0 Å².